The molecule has 1 aromatic heterocycles. The highest BCUT2D eigenvalue weighted by Gasteiger charge is 2.15. The first-order valence-corrected chi connectivity index (χ1v) is 6.84. The van der Waals surface area contributed by atoms with Gasteiger partial charge in [-0.2, -0.15) is 0 Å². The van der Waals surface area contributed by atoms with E-state index in [1.807, 2.05) is 12.1 Å². The van der Waals surface area contributed by atoms with E-state index in [0.29, 0.717) is 6.54 Å². The van der Waals surface area contributed by atoms with Gasteiger partial charge in [-0.25, -0.2) is 0 Å². The zero-order chi connectivity index (χ0) is 11.7. The molecule has 16 heavy (non-hydrogen) atoms. The molecular weight excluding hydrogens is 261 g/mol. The maximum absolute atomic E-state index is 6.25. The first-order chi connectivity index (χ1) is 7.69. The minimum Gasteiger partial charge on any atom is -0.326 e. The van der Waals surface area contributed by atoms with Crippen molar-refractivity contribution in [1.82, 2.24) is 0 Å². The van der Waals surface area contributed by atoms with Crippen molar-refractivity contribution < 1.29 is 0 Å². The van der Waals surface area contributed by atoms with E-state index in [0.717, 1.165) is 33.0 Å². The minimum atomic E-state index is 0.557. The average molecular weight is 274 g/mol. The van der Waals surface area contributed by atoms with Gasteiger partial charge in [-0.15, -0.1) is 11.3 Å². The Bertz CT molecular complexity index is 519. The highest BCUT2D eigenvalue weighted by molar-refractivity contribution is 7.20. The molecule has 0 bridgehead atoms. The molecule has 0 saturated carbocycles. The second-order valence-electron chi connectivity index (χ2n) is 3.69. The molecule has 0 aliphatic heterocycles. The largest absolute Gasteiger partial charge is 0.326 e. The number of nitrogens with two attached hydrogens (primary N) is 1. The van der Waals surface area contributed by atoms with Crippen LogP contribution < -0.4 is 5.73 Å². The van der Waals surface area contributed by atoms with Gasteiger partial charge in [0.05, 0.1) is 9.72 Å². The molecule has 0 unspecified atom stereocenters. The molecule has 1 nitrogen and oxygen atoms in total. The number of fused-ring (bicyclic) bond motifs is 1. The molecular formula is C12H13Cl2NS. The van der Waals surface area contributed by atoms with Crippen LogP contribution in [0.5, 0.6) is 0 Å². The van der Waals surface area contributed by atoms with Crippen LogP contribution in [0, 0.1) is 0 Å². The molecule has 4 heteroatoms. The third kappa shape index (κ3) is 1.95. The number of hydrogen-bond acceptors (Lipinski definition) is 2. The summed E-state index contributed by atoms with van der Waals surface area (Å²) in [4.78, 5) is 1.20. The van der Waals surface area contributed by atoms with Gasteiger partial charge in [-0.1, -0.05) is 36.5 Å². The molecule has 1 heterocycles. The van der Waals surface area contributed by atoms with Gasteiger partial charge in [0, 0.05) is 21.8 Å². The highest BCUT2D eigenvalue weighted by atomic mass is 35.5. The molecule has 0 fully saturated rings. The molecule has 2 aromatic rings. The zero-order valence-corrected chi connectivity index (χ0v) is 11.3. The van der Waals surface area contributed by atoms with E-state index in [-0.39, 0.29) is 0 Å². The lowest BCUT2D eigenvalue weighted by molar-refractivity contribution is 0.912. The van der Waals surface area contributed by atoms with E-state index in [1.54, 1.807) is 11.3 Å². The monoisotopic (exact) mass is 273 g/mol. The van der Waals surface area contributed by atoms with E-state index in [1.165, 1.54) is 10.4 Å². The molecule has 2 N–H and O–H groups in total. The molecule has 0 radical (unpaired) electrons. The fourth-order valence-electron chi connectivity index (χ4n) is 1.92. The standard InChI is InChI=1S/C12H13Cl2NS/c1-2-3-7-10(6-15)16-12-9(14)5-4-8(13)11(7)12/h4-5H,2-3,6,15H2,1H3. The normalized spacial score (nSPS) is 11.2. The van der Waals surface area contributed by atoms with Gasteiger partial charge < -0.3 is 5.73 Å². The van der Waals surface area contributed by atoms with E-state index in [2.05, 4.69) is 6.92 Å². The Hall–Kier alpha value is -0.280. The summed E-state index contributed by atoms with van der Waals surface area (Å²) < 4.78 is 1.07. The Morgan fingerprint density at radius 1 is 1.25 bits per heavy atom. The summed E-state index contributed by atoms with van der Waals surface area (Å²) in [5.41, 5.74) is 7.04. The van der Waals surface area contributed by atoms with E-state index >= 15 is 0 Å². The van der Waals surface area contributed by atoms with Crippen LogP contribution in [0.2, 0.25) is 10.0 Å². The molecule has 0 aliphatic rings. The van der Waals surface area contributed by atoms with Crippen molar-refractivity contribution in [3.8, 4) is 0 Å². The van der Waals surface area contributed by atoms with Crippen molar-refractivity contribution in [2.24, 2.45) is 5.73 Å². The van der Waals surface area contributed by atoms with Crippen molar-refractivity contribution in [2.45, 2.75) is 26.3 Å². The van der Waals surface area contributed by atoms with Crippen LogP contribution in [0.4, 0.5) is 0 Å². The van der Waals surface area contributed by atoms with Gasteiger partial charge in [-0.05, 0) is 24.1 Å². The lowest BCUT2D eigenvalue weighted by atomic mass is 10.1. The molecule has 0 saturated heterocycles. The van der Waals surface area contributed by atoms with E-state index in [4.69, 9.17) is 28.9 Å². The number of aryl methyl sites for hydroxylation is 1. The van der Waals surface area contributed by atoms with Gasteiger partial charge in [0.15, 0.2) is 0 Å². The summed E-state index contributed by atoms with van der Waals surface area (Å²) in [6, 6.07) is 3.71. The van der Waals surface area contributed by atoms with Crippen LogP contribution in [0.1, 0.15) is 23.8 Å². The number of halogens is 2. The van der Waals surface area contributed by atoms with Crippen LogP contribution in [0.3, 0.4) is 0 Å². The maximum Gasteiger partial charge on any atom is 0.0585 e. The van der Waals surface area contributed by atoms with Crippen molar-refractivity contribution in [3.05, 3.63) is 32.6 Å². The molecule has 86 valence electrons. The summed E-state index contributed by atoms with van der Waals surface area (Å²) in [6.07, 6.45) is 2.09. The lowest BCUT2D eigenvalue weighted by Gasteiger charge is -2.02. The quantitative estimate of drug-likeness (QED) is 0.868. The third-order valence-electron chi connectivity index (χ3n) is 2.61. The van der Waals surface area contributed by atoms with Crippen molar-refractivity contribution >= 4 is 44.6 Å². The molecule has 0 amide bonds. The Morgan fingerprint density at radius 2 is 1.94 bits per heavy atom. The fourth-order valence-corrected chi connectivity index (χ4v) is 3.68. The summed E-state index contributed by atoms with van der Waals surface area (Å²) in [5.74, 6) is 0. The number of rotatable bonds is 3. The van der Waals surface area contributed by atoms with Crippen LogP contribution in [0.15, 0.2) is 12.1 Å². The number of hydrogen-bond donors (Lipinski definition) is 1. The average Bonchev–Trinajstić information content (AvgIpc) is 2.64. The van der Waals surface area contributed by atoms with Crippen molar-refractivity contribution in [3.63, 3.8) is 0 Å². The van der Waals surface area contributed by atoms with E-state index < -0.39 is 0 Å². The Kier molecular flexibility index (Phi) is 3.75. The fraction of sp³-hybridized carbons (Fsp3) is 0.333. The summed E-state index contributed by atoms with van der Waals surface area (Å²) in [6.45, 7) is 2.71. The minimum absolute atomic E-state index is 0.557. The maximum atomic E-state index is 6.25. The van der Waals surface area contributed by atoms with Gasteiger partial charge >= 0.3 is 0 Å². The molecule has 0 aliphatic carbocycles. The smallest absolute Gasteiger partial charge is 0.0585 e. The van der Waals surface area contributed by atoms with Gasteiger partial charge in [0.2, 0.25) is 0 Å². The molecule has 0 spiro atoms. The predicted molar refractivity (Wildman–Crippen MR) is 73.7 cm³/mol. The van der Waals surface area contributed by atoms with E-state index in [9.17, 15) is 0 Å². The first-order valence-electron chi connectivity index (χ1n) is 5.27. The van der Waals surface area contributed by atoms with Gasteiger partial charge in [0.25, 0.3) is 0 Å². The number of benzene rings is 1. The van der Waals surface area contributed by atoms with Crippen molar-refractivity contribution in [2.75, 3.05) is 0 Å². The van der Waals surface area contributed by atoms with Crippen LogP contribution in [0.25, 0.3) is 10.1 Å². The van der Waals surface area contributed by atoms with Gasteiger partial charge in [-0.3, -0.25) is 0 Å². The van der Waals surface area contributed by atoms with Gasteiger partial charge in [0.1, 0.15) is 0 Å². The van der Waals surface area contributed by atoms with Crippen LogP contribution in [-0.4, -0.2) is 0 Å². The van der Waals surface area contributed by atoms with Crippen molar-refractivity contribution in [1.29, 1.82) is 0 Å². The second kappa shape index (κ2) is 4.92. The second-order valence-corrected chi connectivity index (χ2v) is 5.61. The molecule has 0 atom stereocenters. The highest BCUT2D eigenvalue weighted by Crippen LogP contribution is 2.40. The molecule has 2 rings (SSSR count). The summed E-state index contributed by atoms with van der Waals surface area (Å²) in [7, 11) is 0. The zero-order valence-electron chi connectivity index (χ0n) is 9.02. The first kappa shape index (κ1) is 12.2. The predicted octanol–water partition coefficient (Wildman–Crippen LogP) is 4.62. The Labute approximate surface area is 109 Å². The SMILES string of the molecule is CCCc1c(CN)sc2c(Cl)ccc(Cl)c12. The van der Waals surface area contributed by atoms with Crippen LogP contribution >= 0.6 is 34.5 Å². The Morgan fingerprint density at radius 3 is 2.56 bits per heavy atom. The lowest BCUT2D eigenvalue weighted by Crippen LogP contribution is -1.97. The summed E-state index contributed by atoms with van der Waals surface area (Å²) >= 11 is 14.1. The summed E-state index contributed by atoms with van der Waals surface area (Å²) in [5, 5.41) is 2.64. The molecule has 1 aromatic carbocycles. The topological polar surface area (TPSA) is 26.0 Å². The Balaban J connectivity index is 2.78. The third-order valence-corrected chi connectivity index (χ3v) is 4.64. The van der Waals surface area contributed by atoms with Crippen LogP contribution in [-0.2, 0) is 13.0 Å². The number of thiophene rings is 1.